The lowest BCUT2D eigenvalue weighted by atomic mass is 10.1. The molecule has 0 atom stereocenters. The molecule has 0 amide bonds. The van der Waals surface area contributed by atoms with Crippen LogP contribution in [0, 0.1) is 0 Å². The van der Waals surface area contributed by atoms with E-state index in [2.05, 4.69) is 57.3 Å². The number of hydrogen-bond donors (Lipinski definition) is 4. The third kappa shape index (κ3) is 9.70. The zero-order valence-corrected chi connectivity index (χ0v) is 34.2. The van der Waals surface area contributed by atoms with E-state index in [9.17, 15) is 26.3 Å². The first-order chi connectivity index (χ1) is 30.3. The first kappa shape index (κ1) is 41.7. The Balaban J connectivity index is 0.000000160. The molecular formula is C44H39ClF6N12. The Morgan fingerprint density at radius 1 is 0.619 bits per heavy atom. The van der Waals surface area contributed by atoms with Gasteiger partial charge >= 0.3 is 12.4 Å². The fourth-order valence-corrected chi connectivity index (χ4v) is 7.28. The van der Waals surface area contributed by atoms with Gasteiger partial charge in [0.05, 0.1) is 77.5 Å². The van der Waals surface area contributed by atoms with E-state index in [4.69, 9.17) is 11.6 Å². The monoisotopic (exact) mass is 884 g/mol. The summed E-state index contributed by atoms with van der Waals surface area (Å²) in [6, 6.07) is 18.9. The van der Waals surface area contributed by atoms with Crippen molar-refractivity contribution in [2.45, 2.75) is 62.7 Å². The van der Waals surface area contributed by atoms with Gasteiger partial charge in [-0.25, -0.2) is 29.0 Å². The molecule has 19 heteroatoms. The Morgan fingerprint density at radius 3 is 1.48 bits per heavy atom. The maximum Gasteiger partial charge on any atom is 0.390 e. The molecule has 8 aromatic rings. The predicted octanol–water partition coefficient (Wildman–Crippen LogP) is 11.4. The van der Waals surface area contributed by atoms with E-state index in [1.165, 1.54) is 36.3 Å². The normalized spacial score (nSPS) is 14.2. The zero-order chi connectivity index (χ0) is 43.9. The van der Waals surface area contributed by atoms with Crippen molar-refractivity contribution in [3.63, 3.8) is 0 Å². The maximum atomic E-state index is 12.5. The van der Waals surface area contributed by atoms with Gasteiger partial charge in [-0.2, -0.15) is 36.5 Å². The number of imidazole rings is 4. The highest BCUT2D eigenvalue weighted by molar-refractivity contribution is 6.29. The summed E-state index contributed by atoms with van der Waals surface area (Å²) in [6.45, 7) is 3.21. The number of nitrogens with one attached hydrogen (secondary N) is 4. The van der Waals surface area contributed by atoms with Gasteiger partial charge in [-0.3, -0.25) is 0 Å². The fourth-order valence-electron chi connectivity index (χ4n) is 7.09. The second kappa shape index (κ2) is 16.9. The van der Waals surface area contributed by atoms with Crippen LogP contribution in [0.15, 0.2) is 92.0 Å². The Morgan fingerprint density at radius 2 is 1.05 bits per heavy atom. The number of aromatic nitrogens is 10. The number of halogens is 7. The van der Waals surface area contributed by atoms with Crippen LogP contribution in [0.3, 0.4) is 0 Å². The number of hydrogen-bond acceptors (Lipinski definition) is 8. The maximum absolute atomic E-state index is 12.5. The predicted molar refractivity (Wildman–Crippen MR) is 229 cm³/mol. The van der Waals surface area contributed by atoms with Gasteiger partial charge in [-0.05, 0) is 49.0 Å². The van der Waals surface area contributed by atoms with E-state index >= 15 is 0 Å². The molecule has 0 spiro atoms. The van der Waals surface area contributed by atoms with Crippen LogP contribution in [0.25, 0.3) is 62.4 Å². The average molecular weight is 885 g/mol. The average Bonchev–Trinajstić information content (AvgIpc) is 4.05. The summed E-state index contributed by atoms with van der Waals surface area (Å²) in [6.07, 6.45) is 2.93. The lowest BCUT2D eigenvalue weighted by molar-refractivity contribution is -0.132. The third-order valence-electron chi connectivity index (χ3n) is 10.7. The Labute approximate surface area is 360 Å². The number of anilines is 2. The molecule has 63 heavy (non-hydrogen) atoms. The van der Waals surface area contributed by atoms with Crippen molar-refractivity contribution in [2.24, 2.45) is 0 Å². The highest BCUT2D eigenvalue weighted by Gasteiger charge is 2.29. The molecule has 10 rings (SSSR count). The van der Waals surface area contributed by atoms with Crippen molar-refractivity contribution in [1.82, 2.24) is 49.1 Å². The van der Waals surface area contributed by atoms with Gasteiger partial charge in [0.1, 0.15) is 11.6 Å². The molecule has 2 fully saturated rings. The van der Waals surface area contributed by atoms with Crippen molar-refractivity contribution in [3.05, 3.63) is 115 Å². The zero-order valence-electron chi connectivity index (χ0n) is 33.4. The quantitative estimate of drug-likeness (QED) is 0.0839. The van der Waals surface area contributed by atoms with Crippen molar-refractivity contribution >= 4 is 40.3 Å². The van der Waals surface area contributed by atoms with Gasteiger partial charge in [-0.15, -0.1) is 0 Å². The second-order valence-corrected chi connectivity index (χ2v) is 15.9. The lowest BCUT2D eigenvalue weighted by Gasteiger charge is -2.11. The lowest BCUT2D eigenvalue weighted by Crippen LogP contribution is -2.15. The summed E-state index contributed by atoms with van der Waals surface area (Å²) in [7, 11) is 0. The van der Waals surface area contributed by atoms with Gasteiger partial charge in [0, 0.05) is 42.1 Å². The van der Waals surface area contributed by atoms with Crippen molar-refractivity contribution < 1.29 is 26.3 Å². The van der Waals surface area contributed by atoms with Gasteiger partial charge in [0.15, 0.2) is 16.4 Å². The molecule has 6 aromatic heterocycles. The minimum Gasteiger partial charge on any atom is -0.382 e. The summed E-state index contributed by atoms with van der Waals surface area (Å²) in [5.41, 5.74) is 9.42. The van der Waals surface area contributed by atoms with E-state index in [1.54, 1.807) is 29.1 Å². The molecule has 12 nitrogen and oxygen atoms in total. The number of benzene rings is 2. The number of alkyl halides is 6. The number of H-pyrrole nitrogens is 2. The summed E-state index contributed by atoms with van der Waals surface area (Å²) < 4.78 is 78.2. The molecule has 0 saturated heterocycles. The highest BCUT2D eigenvalue weighted by Crippen LogP contribution is 2.40. The van der Waals surface area contributed by atoms with Crippen molar-refractivity contribution in [2.75, 3.05) is 23.7 Å². The smallest absolute Gasteiger partial charge is 0.382 e. The van der Waals surface area contributed by atoms with Crippen LogP contribution in [0.2, 0.25) is 5.15 Å². The van der Waals surface area contributed by atoms with E-state index in [0.29, 0.717) is 45.9 Å². The van der Waals surface area contributed by atoms with Gasteiger partial charge in [0.25, 0.3) is 0 Å². The van der Waals surface area contributed by atoms with Crippen LogP contribution in [0.4, 0.5) is 37.7 Å². The number of nitrogens with zero attached hydrogens (tertiary/aromatic N) is 8. The number of aromatic amines is 2. The summed E-state index contributed by atoms with van der Waals surface area (Å²) in [5, 5.41) is 14.5. The van der Waals surface area contributed by atoms with Crippen molar-refractivity contribution in [3.8, 4) is 45.0 Å². The first-order valence-corrected chi connectivity index (χ1v) is 20.6. The Bertz CT molecular complexity index is 2880. The second-order valence-electron chi connectivity index (χ2n) is 15.5. The van der Waals surface area contributed by atoms with E-state index in [1.807, 2.05) is 60.9 Å². The minimum atomic E-state index is -4.24. The molecule has 324 valence electrons. The van der Waals surface area contributed by atoms with Gasteiger partial charge < -0.3 is 20.6 Å². The summed E-state index contributed by atoms with van der Waals surface area (Å²) in [5.74, 6) is 3.19. The molecule has 2 aliphatic rings. The molecule has 0 unspecified atom stereocenters. The van der Waals surface area contributed by atoms with Crippen LogP contribution < -0.4 is 10.6 Å². The Hall–Kier alpha value is -6.69. The standard InChI is InChI=1S/C23H21F3N6.C21H18ClF3N6/c1-2-17-11-18(27-10-9-23(24,25)26)22-29-13-20(32(22)31-17)15-5-3-14(4-6-15)19-12-28-21(30-19)16-7-8-16;22-18-9-15(26-8-7-21(23,24)25)20-28-11-17(31(20)30-18)13-3-1-12(2-4-13)16-10-27-19(29-16)14-5-6-14/h2-6,11-13,16,27H,1,7-10H2,(H,28,30);1-4,9-11,14,26H,5-8H2,(H,27,29). The Kier molecular flexibility index (Phi) is 11.2. The van der Waals surface area contributed by atoms with Crippen LogP contribution in [-0.4, -0.2) is 74.6 Å². The molecule has 2 aliphatic carbocycles. The van der Waals surface area contributed by atoms with E-state index < -0.39 is 25.2 Å². The highest BCUT2D eigenvalue weighted by atomic mass is 35.5. The largest absolute Gasteiger partial charge is 0.390 e. The van der Waals surface area contributed by atoms with Crippen LogP contribution in [-0.2, 0) is 0 Å². The topological polar surface area (TPSA) is 142 Å². The molecule has 2 saturated carbocycles. The summed E-state index contributed by atoms with van der Waals surface area (Å²) >= 11 is 6.11. The number of rotatable bonds is 13. The minimum absolute atomic E-state index is 0.156. The summed E-state index contributed by atoms with van der Waals surface area (Å²) in [4.78, 5) is 24.4. The first-order valence-electron chi connectivity index (χ1n) is 20.3. The van der Waals surface area contributed by atoms with Gasteiger partial charge in [-0.1, -0.05) is 66.7 Å². The molecule has 0 bridgehead atoms. The molecule has 0 aliphatic heterocycles. The molecular weight excluding hydrogens is 846 g/mol. The third-order valence-corrected chi connectivity index (χ3v) is 10.9. The van der Waals surface area contributed by atoms with Crippen LogP contribution in [0.5, 0.6) is 0 Å². The van der Waals surface area contributed by atoms with Gasteiger partial charge in [0.2, 0.25) is 0 Å². The molecule has 4 N–H and O–H groups in total. The van der Waals surface area contributed by atoms with Crippen LogP contribution in [0.1, 0.15) is 67.7 Å². The molecule has 2 aromatic carbocycles. The molecule has 6 heterocycles. The fraction of sp³-hybridized carbons (Fsp3) is 0.273. The molecule has 0 radical (unpaired) electrons. The SMILES string of the molecule is C=Cc1cc(NCCC(F)(F)F)c2ncc(-c3ccc(-c4cnc(C5CC5)[nH]4)cc3)n2n1.FC(F)(F)CCNc1cc(Cl)nn2c(-c3ccc(-c4cnc(C5CC5)[nH]4)cc3)cnc12. The van der Waals surface area contributed by atoms with Crippen LogP contribution >= 0.6 is 11.6 Å². The number of fused-ring (bicyclic) bond motifs is 2. The van der Waals surface area contributed by atoms with Crippen molar-refractivity contribution in [1.29, 1.82) is 0 Å². The van der Waals surface area contributed by atoms with E-state index in [0.717, 1.165) is 51.0 Å². The van der Waals surface area contributed by atoms with E-state index in [-0.39, 0.29) is 18.2 Å².